The van der Waals surface area contributed by atoms with Gasteiger partial charge < -0.3 is 14.9 Å². The molecule has 4 nitrogen and oxygen atoms in total. The Labute approximate surface area is 97.8 Å². The molecule has 17 heavy (non-hydrogen) atoms. The third-order valence-electron chi connectivity index (χ3n) is 2.23. The van der Waals surface area contributed by atoms with Crippen LogP contribution in [0.15, 0.2) is 65.7 Å². The van der Waals surface area contributed by atoms with E-state index in [2.05, 4.69) is 0 Å². The molecule has 0 saturated heterocycles. The Hall–Kier alpha value is -2.49. The first kappa shape index (κ1) is 11.0. The average Bonchev–Trinajstić information content (AvgIpc) is 2.79. The highest BCUT2D eigenvalue weighted by Gasteiger charge is 2.19. The number of para-hydroxylation sites is 1. The van der Waals surface area contributed by atoms with Crippen LogP contribution in [0.25, 0.3) is 0 Å². The van der Waals surface area contributed by atoms with Gasteiger partial charge in [-0.1, -0.05) is 24.3 Å². The number of ether oxygens (including phenoxy) is 1. The van der Waals surface area contributed by atoms with E-state index in [9.17, 15) is 9.90 Å². The number of allylic oxidation sites excluding steroid dienone is 3. The molecule has 86 valence electrons. The summed E-state index contributed by atoms with van der Waals surface area (Å²) in [5.41, 5.74) is 0.180. The second-order valence-electron chi connectivity index (χ2n) is 3.38. The molecule has 1 aliphatic carbocycles. The number of rotatable bonds is 3. The van der Waals surface area contributed by atoms with Crippen molar-refractivity contribution in [1.82, 2.24) is 0 Å². The molecule has 0 atom stereocenters. The number of hydrogen-bond donors (Lipinski definition) is 2. The lowest BCUT2D eigenvalue weighted by molar-refractivity contribution is -0.132. The number of aliphatic hydroxyl groups is 1. The second kappa shape index (κ2) is 4.57. The lowest BCUT2D eigenvalue weighted by Gasteiger charge is -2.07. The SMILES string of the molecule is O=C(O)C1=CC=CC1=C(O)Oc1ccccc1. The fourth-order valence-corrected chi connectivity index (χ4v) is 1.45. The summed E-state index contributed by atoms with van der Waals surface area (Å²) in [5, 5.41) is 18.6. The van der Waals surface area contributed by atoms with Crippen LogP contribution in [0.5, 0.6) is 5.75 Å². The summed E-state index contributed by atoms with van der Waals surface area (Å²) in [6.45, 7) is 0. The number of aliphatic hydroxyl groups excluding tert-OH is 1. The molecule has 0 fully saturated rings. The van der Waals surface area contributed by atoms with E-state index in [1.54, 1.807) is 30.3 Å². The maximum absolute atomic E-state index is 10.9. The number of benzene rings is 1. The van der Waals surface area contributed by atoms with Crippen molar-refractivity contribution in [2.24, 2.45) is 0 Å². The first-order chi connectivity index (χ1) is 8.18. The van der Waals surface area contributed by atoms with Gasteiger partial charge in [0.15, 0.2) is 0 Å². The molecule has 0 amide bonds. The molecule has 0 spiro atoms. The van der Waals surface area contributed by atoms with Crippen molar-refractivity contribution >= 4 is 5.97 Å². The molecule has 0 bridgehead atoms. The van der Waals surface area contributed by atoms with Gasteiger partial charge in [0.2, 0.25) is 0 Å². The lowest BCUT2D eigenvalue weighted by atomic mass is 10.1. The lowest BCUT2D eigenvalue weighted by Crippen LogP contribution is -2.05. The molecule has 0 unspecified atom stereocenters. The highest BCUT2D eigenvalue weighted by molar-refractivity contribution is 5.94. The summed E-state index contributed by atoms with van der Waals surface area (Å²) in [5.74, 6) is -1.07. The Balaban J connectivity index is 2.25. The smallest absolute Gasteiger partial charge is 0.336 e. The third kappa shape index (κ3) is 2.36. The average molecular weight is 230 g/mol. The van der Waals surface area contributed by atoms with E-state index in [1.165, 1.54) is 12.2 Å². The first-order valence-corrected chi connectivity index (χ1v) is 4.96. The van der Waals surface area contributed by atoms with Crippen LogP contribution < -0.4 is 4.74 Å². The first-order valence-electron chi connectivity index (χ1n) is 4.96. The second-order valence-corrected chi connectivity index (χ2v) is 3.38. The number of carboxylic acids is 1. The summed E-state index contributed by atoms with van der Waals surface area (Å²) in [4.78, 5) is 10.9. The predicted molar refractivity (Wildman–Crippen MR) is 61.6 cm³/mol. The number of carbonyl (C=O) groups is 1. The van der Waals surface area contributed by atoms with Crippen molar-refractivity contribution in [3.63, 3.8) is 0 Å². The van der Waals surface area contributed by atoms with Crippen LogP contribution in [-0.2, 0) is 4.79 Å². The topological polar surface area (TPSA) is 66.8 Å². The minimum atomic E-state index is -1.10. The quantitative estimate of drug-likeness (QED) is 0.782. The van der Waals surface area contributed by atoms with Gasteiger partial charge in [-0.2, -0.15) is 0 Å². The Morgan fingerprint density at radius 2 is 1.82 bits per heavy atom. The van der Waals surface area contributed by atoms with Crippen LogP contribution in [0.4, 0.5) is 0 Å². The summed E-state index contributed by atoms with van der Waals surface area (Å²) in [6, 6.07) is 8.66. The van der Waals surface area contributed by atoms with Crippen molar-refractivity contribution in [3.8, 4) is 5.75 Å². The molecular weight excluding hydrogens is 220 g/mol. The van der Waals surface area contributed by atoms with Crippen LogP contribution in [0.3, 0.4) is 0 Å². The normalized spacial score (nSPS) is 16.6. The molecule has 2 N–H and O–H groups in total. The van der Waals surface area contributed by atoms with Crippen molar-refractivity contribution in [3.05, 3.63) is 65.7 Å². The molecule has 0 radical (unpaired) electrons. The number of carboxylic acid groups (broad SMARTS) is 1. The van der Waals surface area contributed by atoms with Gasteiger partial charge in [0, 0.05) is 0 Å². The van der Waals surface area contributed by atoms with Gasteiger partial charge >= 0.3 is 5.97 Å². The Kier molecular flexibility index (Phi) is 2.96. The molecule has 0 aromatic heterocycles. The van der Waals surface area contributed by atoms with Gasteiger partial charge in [-0.3, -0.25) is 0 Å². The minimum absolute atomic E-state index is 0.0124. The van der Waals surface area contributed by atoms with Crippen molar-refractivity contribution < 1.29 is 19.7 Å². The standard InChI is InChI=1S/C13H10O4/c14-12(15)10-7-4-8-11(10)13(16)17-9-5-2-1-3-6-9/h1-8,16H,(H,14,15). The number of aliphatic carboxylic acids is 1. The Morgan fingerprint density at radius 1 is 1.12 bits per heavy atom. The molecule has 1 aromatic carbocycles. The highest BCUT2D eigenvalue weighted by atomic mass is 16.6. The summed E-state index contributed by atoms with van der Waals surface area (Å²) in [7, 11) is 0. The van der Waals surface area contributed by atoms with E-state index in [0.717, 1.165) is 0 Å². The zero-order valence-electron chi connectivity index (χ0n) is 8.83. The van der Waals surface area contributed by atoms with Crippen LogP contribution >= 0.6 is 0 Å². The molecule has 0 heterocycles. The molecule has 1 aromatic rings. The van der Waals surface area contributed by atoms with Crippen LogP contribution in [0.2, 0.25) is 0 Å². The van der Waals surface area contributed by atoms with E-state index in [-0.39, 0.29) is 11.1 Å². The van der Waals surface area contributed by atoms with E-state index in [1.807, 2.05) is 6.07 Å². The fourth-order valence-electron chi connectivity index (χ4n) is 1.45. The van der Waals surface area contributed by atoms with Gasteiger partial charge in [-0.25, -0.2) is 4.79 Å². The summed E-state index contributed by atoms with van der Waals surface area (Å²) >= 11 is 0. The van der Waals surface area contributed by atoms with Crippen molar-refractivity contribution in [1.29, 1.82) is 0 Å². The van der Waals surface area contributed by atoms with E-state index in [0.29, 0.717) is 5.75 Å². The molecule has 0 saturated carbocycles. The predicted octanol–water partition coefficient (Wildman–Crippen LogP) is 2.42. The Morgan fingerprint density at radius 3 is 2.47 bits per heavy atom. The Bertz CT molecular complexity index is 524. The molecule has 0 aliphatic heterocycles. The summed E-state index contributed by atoms with van der Waals surface area (Å²) in [6.07, 6.45) is 4.44. The summed E-state index contributed by atoms with van der Waals surface area (Å²) < 4.78 is 5.16. The van der Waals surface area contributed by atoms with Gasteiger partial charge in [0.1, 0.15) is 5.75 Å². The minimum Gasteiger partial charge on any atom is -0.480 e. The van der Waals surface area contributed by atoms with Crippen LogP contribution in [0.1, 0.15) is 0 Å². The zero-order chi connectivity index (χ0) is 12.3. The fraction of sp³-hybridized carbons (Fsp3) is 0. The van der Waals surface area contributed by atoms with Crippen molar-refractivity contribution in [2.75, 3.05) is 0 Å². The van der Waals surface area contributed by atoms with Crippen LogP contribution in [0, 0.1) is 0 Å². The monoisotopic (exact) mass is 230 g/mol. The maximum atomic E-state index is 10.9. The van der Waals surface area contributed by atoms with Gasteiger partial charge in [0.05, 0.1) is 11.1 Å². The largest absolute Gasteiger partial charge is 0.480 e. The molecule has 4 heteroatoms. The van der Waals surface area contributed by atoms with Crippen LogP contribution in [-0.4, -0.2) is 16.2 Å². The third-order valence-corrected chi connectivity index (χ3v) is 2.23. The molecule has 2 rings (SSSR count). The van der Waals surface area contributed by atoms with E-state index in [4.69, 9.17) is 9.84 Å². The van der Waals surface area contributed by atoms with Crippen molar-refractivity contribution in [2.45, 2.75) is 0 Å². The van der Waals surface area contributed by atoms with Gasteiger partial charge in [0.25, 0.3) is 5.95 Å². The molecule has 1 aliphatic rings. The zero-order valence-corrected chi connectivity index (χ0v) is 8.83. The molecular formula is C13H10O4. The maximum Gasteiger partial charge on any atom is 0.336 e. The highest BCUT2D eigenvalue weighted by Crippen LogP contribution is 2.23. The van der Waals surface area contributed by atoms with Gasteiger partial charge in [-0.15, -0.1) is 0 Å². The van der Waals surface area contributed by atoms with E-state index >= 15 is 0 Å². The van der Waals surface area contributed by atoms with Gasteiger partial charge in [-0.05, 0) is 24.3 Å². The number of hydrogen-bond acceptors (Lipinski definition) is 3. The van der Waals surface area contributed by atoms with E-state index < -0.39 is 11.9 Å².